The van der Waals surface area contributed by atoms with Crippen molar-refractivity contribution in [2.24, 2.45) is 33.8 Å². The summed E-state index contributed by atoms with van der Waals surface area (Å²) < 4.78 is 0. The highest BCUT2D eigenvalue weighted by Gasteiger charge is 2.36. The first-order valence-corrected chi connectivity index (χ1v) is 16.7. The predicted molar refractivity (Wildman–Crippen MR) is 184 cm³/mol. The van der Waals surface area contributed by atoms with Gasteiger partial charge in [-0.2, -0.15) is 0 Å². The molecule has 49 heavy (non-hydrogen) atoms. The van der Waals surface area contributed by atoms with Crippen LogP contribution in [-0.2, 0) is 35.2 Å². The molecular weight excluding hydrogens is 632 g/mol. The first kappa shape index (κ1) is 38.5. The van der Waals surface area contributed by atoms with Gasteiger partial charge in [0.05, 0.1) is 12.1 Å². The molecule has 0 unspecified atom stereocenters. The molecule has 5 amide bonds. The summed E-state index contributed by atoms with van der Waals surface area (Å²) in [5, 5.41) is 9.12. The van der Waals surface area contributed by atoms with Crippen LogP contribution < -0.4 is 38.9 Å². The van der Waals surface area contributed by atoms with Crippen LogP contribution in [0, 0.1) is 5.92 Å². The number of nitrogens with zero attached hydrogens (tertiary/aromatic N) is 2. The van der Waals surface area contributed by atoms with Crippen molar-refractivity contribution in [3.8, 4) is 0 Å². The molecule has 16 heteroatoms. The van der Waals surface area contributed by atoms with Crippen molar-refractivity contribution in [3.05, 3.63) is 36.0 Å². The van der Waals surface area contributed by atoms with Gasteiger partial charge in [-0.25, -0.2) is 0 Å². The Labute approximate surface area is 285 Å². The molecule has 268 valence electrons. The zero-order valence-corrected chi connectivity index (χ0v) is 28.2. The van der Waals surface area contributed by atoms with Crippen LogP contribution in [0.5, 0.6) is 0 Å². The van der Waals surface area contributed by atoms with Crippen LogP contribution in [0.2, 0.25) is 0 Å². The average molecular weight is 683 g/mol. The van der Waals surface area contributed by atoms with Gasteiger partial charge in [0.25, 0.3) is 0 Å². The molecule has 2 heterocycles. The molecule has 1 aromatic carbocycles. The minimum absolute atomic E-state index is 0.0764. The van der Waals surface area contributed by atoms with E-state index >= 15 is 0 Å². The number of rotatable bonds is 19. The van der Waals surface area contributed by atoms with Crippen LogP contribution in [0.25, 0.3) is 10.9 Å². The van der Waals surface area contributed by atoms with E-state index in [0.29, 0.717) is 32.1 Å². The second-order valence-corrected chi connectivity index (χ2v) is 12.5. The van der Waals surface area contributed by atoms with Crippen molar-refractivity contribution in [2.45, 2.75) is 95.4 Å². The van der Waals surface area contributed by atoms with E-state index in [0.717, 1.165) is 16.5 Å². The molecule has 0 aliphatic carbocycles. The van der Waals surface area contributed by atoms with Gasteiger partial charge in [0.2, 0.25) is 29.5 Å². The van der Waals surface area contributed by atoms with Crippen LogP contribution >= 0.6 is 0 Å². The number of aromatic nitrogens is 1. The number of hydrogen-bond donors (Lipinski definition) is 8. The molecule has 1 saturated heterocycles. The second-order valence-electron chi connectivity index (χ2n) is 12.5. The average Bonchev–Trinajstić information content (AvgIpc) is 3.73. The van der Waals surface area contributed by atoms with E-state index in [-0.39, 0.29) is 50.5 Å². The number of hydrogen-bond acceptors (Lipinski definition) is 8. The summed E-state index contributed by atoms with van der Waals surface area (Å²) in [6.07, 6.45) is 4.39. The molecule has 16 nitrogen and oxygen atoms in total. The van der Waals surface area contributed by atoms with Gasteiger partial charge in [0.15, 0.2) is 5.96 Å². The van der Waals surface area contributed by atoms with Crippen molar-refractivity contribution in [3.63, 3.8) is 0 Å². The topological polar surface area (TPSA) is 274 Å². The Balaban J connectivity index is 1.78. The predicted octanol–water partition coefficient (Wildman–Crippen LogP) is -0.953. The number of likely N-dealkylation sites (tertiary alicyclic amines) is 1. The maximum atomic E-state index is 13.8. The molecule has 6 atom stereocenters. The van der Waals surface area contributed by atoms with Gasteiger partial charge >= 0.3 is 0 Å². The van der Waals surface area contributed by atoms with Gasteiger partial charge in [-0.15, -0.1) is 0 Å². The molecule has 3 rings (SSSR count). The van der Waals surface area contributed by atoms with Crippen molar-refractivity contribution in [2.75, 3.05) is 13.1 Å². The lowest BCUT2D eigenvalue weighted by Gasteiger charge is -2.30. The molecule has 0 radical (unpaired) electrons. The molecule has 12 N–H and O–H groups in total. The molecule has 0 bridgehead atoms. The van der Waals surface area contributed by atoms with Crippen LogP contribution in [0.3, 0.4) is 0 Å². The van der Waals surface area contributed by atoms with E-state index in [1.165, 1.54) is 4.90 Å². The smallest absolute Gasteiger partial charge is 0.245 e. The summed E-state index contributed by atoms with van der Waals surface area (Å²) in [5.74, 6) is -3.53. The van der Waals surface area contributed by atoms with Crippen LogP contribution in [0.1, 0.15) is 64.4 Å². The standard InChI is InChI=1S/C33H50N10O6/c1-3-19(2)28(42-29(46)23(34)16-20-17-39-24-10-5-4-9-22(20)24)31(48)40-25(11-6-14-38-33(36)37)30(47)41-26(12-13-27(35)45)32(49)43-15-7-8-21(43)18-44/h4-5,9-10,17-19,21,23,25-26,28,39H,3,6-8,11-16,34H2,1-2H3,(H2,35,45)(H,40,48)(H,41,47)(H,42,46)(H4,36,37,38)/t19-,21-,23-,25-,26-,28-/m0/s1. The number of H-pyrrole nitrogens is 1. The number of guanidine groups is 1. The van der Waals surface area contributed by atoms with Crippen molar-refractivity contribution < 1.29 is 28.8 Å². The maximum Gasteiger partial charge on any atom is 0.245 e. The van der Waals surface area contributed by atoms with E-state index in [1.54, 1.807) is 13.1 Å². The Morgan fingerprint density at radius 3 is 2.41 bits per heavy atom. The zero-order valence-electron chi connectivity index (χ0n) is 28.2. The number of amides is 5. The third kappa shape index (κ3) is 11.0. The minimum Gasteiger partial charge on any atom is -0.370 e. The Kier molecular flexibility index (Phi) is 14.5. The van der Waals surface area contributed by atoms with Gasteiger partial charge in [-0.3, -0.25) is 29.0 Å². The molecule has 0 saturated carbocycles. The third-order valence-corrected chi connectivity index (χ3v) is 8.86. The number of aromatic amines is 1. The molecule has 1 aliphatic rings. The van der Waals surface area contributed by atoms with Crippen molar-refractivity contribution in [1.29, 1.82) is 0 Å². The summed E-state index contributed by atoms with van der Waals surface area (Å²) in [6.45, 7) is 4.14. The molecule has 1 aromatic heterocycles. The third-order valence-electron chi connectivity index (χ3n) is 8.86. The van der Waals surface area contributed by atoms with Crippen molar-refractivity contribution in [1.82, 2.24) is 25.8 Å². The Bertz CT molecular complexity index is 1510. The molecule has 1 fully saturated rings. The Morgan fingerprint density at radius 1 is 1.02 bits per heavy atom. The number of para-hydroxylation sites is 1. The van der Waals surface area contributed by atoms with Gasteiger partial charge < -0.3 is 53.6 Å². The number of aliphatic imine (C=N–C) groups is 1. The van der Waals surface area contributed by atoms with E-state index in [9.17, 15) is 28.8 Å². The lowest BCUT2D eigenvalue weighted by atomic mass is 9.96. The molecule has 2 aromatic rings. The summed E-state index contributed by atoms with van der Waals surface area (Å²) in [6, 6.07) is 2.65. The number of carbonyl (C=O) groups is 6. The summed E-state index contributed by atoms with van der Waals surface area (Å²) in [7, 11) is 0. The lowest BCUT2D eigenvalue weighted by molar-refractivity contribution is -0.140. The minimum atomic E-state index is -1.18. The summed E-state index contributed by atoms with van der Waals surface area (Å²) >= 11 is 0. The molecular formula is C33H50N10O6. The zero-order chi connectivity index (χ0) is 36.1. The van der Waals surface area contributed by atoms with Crippen molar-refractivity contribution >= 4 is 52.7 Å². The number of primary amides is 1. The SMILES string of the molecule is CC[C@H](C)[C@H](NC(=O)[C@@H](N)Cc1c[nH]c2ccccc12)C(=O)N[C@@H](CCCN=C(N)N)C(=O)N[C@@H](CCC(N)=O)C(=O)N1CCC[C@H]1C=O. The number of fused-ring (bicyclic) bond motifs is 1. The van der Waals surface area contributed by atoms with E-state index in [2.05, 4.69) is 25.9 Å². The number of nitrogens with one attached hydrogen (secondary N) is 4. The van der Waals surface area contributed by atoms with E-state index < -0.39 is 59.7 Å². The fourth-order valence-electron chi connectivity index (χ4n) is 5.85. The summed E-state index contributed by atoms with van der Waals surface area (Å²) in [4.78, 5) is 85.9. The van der Waals surface area contributed by atoms with Crippen LogP contribution in [0.15, 0.2) is 35.5 Å². The van der Waals surface area contributed by atoms with Gasteiger partial charge in [-0.05, 0) is 56.1 Å². The summed E-state index contributed by atoms with van der Waals surface area (Å²) in [5.41, 5.74) is 24.3. The fraction of sp³-hybridized carbons (Fsp3) is 0.545. The van der Waals surface area contributed by atoms with E-state index in [4.69, 9.17) is 22.9 Å². The highest BCUT2D eigenvalue weighted by Crippen LogP contribution is 2.20. The Morgan fingerprint density at radius 2 is 1.73 bits per heavy atom. The van der Waals surface area contributed by atoms with Gasteiger partial charge in [-0.1, -0.05) is 38.5 Å². The van der Waals surface area contributed by atoms with Gasteiger partial charge in [0.1, 0.15) is 24.4 Å². The monoisotopic (exact) mass is 682 g/mol. The highest BCUT2D eigenvalue weighted by atomic mass is 16.2. The van der Waals surface area contributed by atoms with Crippen LogP contribution in [-0.4, -0.2) is 95.0 Å². The number of nitrogens with two attached hydrogens (primary N) is 4. The van der Waals surface area contributed by atoms with E-state index in [1.807, 2.05) is 31.2 Å². The maximum absolute atomic E-state index is 13.8. The number of carbonyl (C=O) groups excluding carboxylic acids is 6. The quantitative estimate of drug-likeness (QED) is 0.0392. The Hall–Kier alpha value is -4.99. The molecule has 1 aliphatic heterocycles. The van der Waals surface area contributed by atoms with Crippen LogP contribution in [0.4, 0.5) is 0 Å². The normalized spacial score (nSPS) is 17.3. The lowest BCUT2D eigenvalue weighted by Crippen LogP contribution is -2.59. The first-order chi connectivity index (χ1) is 23.4. The second kappa shape index (κ2) is 18.5. The first-order valence-electron chi connectivity index (χ1n) is 16.7. The largest absolute Gasteiger partial charge is 0.370 e. The molecule has 0 spiro atoms. The fourth-order valence-corrected chi connectivity index (χ4v) is 5.85. The van der Waals surface area contributed by atoms with Gasteiger partial charge in [0, 0.05) is 36.6 Å². The highest BCUT2D eigenvalue weighted by molar-refractivity contribution is 5.95. The number of aldehydes is 1. The number of benzene rings is 1.